The first-order chi connectivity index (χ1) is 11.7. The topological polar surface area (TPSA) is 58.6 Å². The summed E-state index contributed by atoms with van der Waals surface area (Å²) in [7, 11) is 0. The first-order valence-corrected chi connectivity index (χ1v) is 7.54. The van der Waals surface area contributed by atoms with Crippen molar-refractivity contribution in [2.24, 2.45) is 0 Å². The maximum absolute atomic E-state index is 13.3. The molecule has 0 aromatic heterocycles. The zero-order valence-corrected chi connectivity index (χ0v) is 13.5. The Kier molecular flexibility index (Phi) is 5.69. The highest BCUT2D eigenvalue weighted by Gasteiger charge is 2.55. The van der Waals surface area contributed by atoms with Gasteiger partial charge in [0, 0.05) is 0 Å². The van der Waals surface area contributed by atoms with Crippen LogP contribution in [0.15, 0.2) is 54.6 Å². The van der Waals surface area contributed by atoms with Gasteiger partial charge in [0.1, 0.15) is 5.75 Å². The summed E-state index contributed by atoms with van der Waals surface area (Å²) in [6.45, 7) is 0.328. The number of carbonyl (C=O) groups excluding carboxylic acids is 1. The molecule has 2 aromatic carbocycles. The second-order valence-corrected chi connectivity index (χ2v) is 5.55. The van der Waals surface area contributed by atoms with Crippen LogP contribution >= 0.6 is 0 Å². The zero-order chi connectivity index (χ0) is 18.5. The van der Waals surface area contributed by atoms with Crippen LogP contribution in [-0.4, -0.2) is 30.3 Å². The van der Waals surface area contributed by atoms with Crippen LogP contribution < -0.4 is 10.1 Å². The number of hydrogen-bond donors (Lipinski definition) is 2. The number of para-hydroxylation sites is 1. The Labute approximate surface area is 143 Å². The highest BCUT2D eigenvalue weighted by molar-refractivity contribution is 5.77. The number of benzene rings is 2. The first-order valence-electron chi connectivity index (χ1n) is 7.54. The van der Waals surface area contributed by atoms with Gasteiger partial charge in [-0.3, -0.25) is 4.79 Å². The number of nitrogens with one attached hydrogen (secondary N) is 1. The minimum absolute atomic E-state index is 0.345. The van der Waals surface area contributed by atoms with Gasteiger partial charge in [0.15, 0.2) is 6.61 Å². The molecule has 2 aromatic rings. The number of aryl methyl sites for hydroxylation is 1. The lowest BCUT2D eigenvalue weighted by atomic mass is 9.93. The molecular weight excluding hydrogens is 335 g/mol. The maximum atomic E-state index is 13.3. The Morgan fingerprint density at radius 3 is 2.28 bits per heavy atom. The molecule has 0 heterocycles. The number of carbonyl (C=O) groups is 1. The van der Waals surface area contributed by atoms with Crippen molar-refractivity contribution < 1.29 is 27.8 Å². The Balaban J connectivity index is 2.01. The summed E-state index contributed by atoms with van der Waals surface area (Å²) in [5, 5.41) is 12.2. The molecule has 0 saturated carbocycles. The van der Waals surface area contributed by atoms with Crippen LogP contribution in [0, 0.1) is 6.92 Å². The number of alkyl halides is 3. The van der Waals surface area contributed by atoms with Crippen molar-refractivity contribution in [2.45, 2.75) is 18.7 Å². The SMILES string of the molecule is Cc1ccccc1OCC(=O)NCC(O)(c1ccccc1)C(F)(F)F. The molecule has 1 atom stereocenters. The summed E-state index contributed by atoms with van der Waals surface area (Å²) in [5.41, 5.74) is -2.72. The number of hydrogen-bond acceptors (Lipinski definition) is 3. The van der Waals surface area contributed by atoms with Crippen molar-refractivity contribution in [2.75, 3.05) is 13.2 Å². The van der Waals surface area contributed by atoms with Gasteiger partial charge in [-0.25, -0.2) is 0 Å². The van der Waals surface area contributed by atoms with E-state index in [-0.39, 0.29) is 5.56 Å². The summed E-state index contributed by atoms with van der Waals surface area (Å²) in [5.74, 6) is -0.298. The van der Waals surface area contributed by atoms with Gasteiger partial charge < -0.3 is 15.2 Å². The smallest absolute Gasteiger partial charge is 0.423 e. The number of rotatable bonds is 6. The summed E-state index contributed by atoms with van der Waals surface area (Å²) in [4.78, 5) is 11.8. The Morgan fingerprint density at radius 1 is 1.08 bits per heavy atom. The monoisotopic (exact) mass is 353 g/mol. The second kappa shape index (κ2) is 7.57. The van der Waals surface area contributed by atoms with Crippen LogP contribution in [0.25, 0.3) is 0 Å². The van der Waals surface area contributed by atoms with Crippen LogP contribution in [0.1, 0.15) is 11.1 Å². The predicted molar refractivity (Wildman–Crippen MR) is 86.1 cm³/mol. The fourth-order valence-corrected chi connectivity index (χ4v) is 2.22. The van der Waals surface area contributed by atoms with Crippen LogP contribution in [0.2, 0.25) is 0 Å². The van der Waals surface area contributed by atoms with Gasteiger partial charge >= 0.3 is 6.18 Å². The Hall–Kier alpha value is -2.54. The number of aliphatic hydroxyl groups is 1. The van der Waals surface area contributed by atoms with Crippen LogP contribution in [0.3, 0.4) is 0 Å². The molecule has 0 saturated heterocycles. The molecule has 0 aliphatic heterocycles. The number of amides is 1. The van der Waals surface area contributed by atoms with Crippen molar-refractivity contribution in [1.29, 1.82) is 0 Å². The van der Waals surface area contributed by atoms with E-state index >= 15 is 0 Å². The lowest BCUT2D eigenvalue weighted by Gasteiger charge is -2.31. The average molecular weight is 353 g/mol. The first kappa shape index (κ1) is 18.8. The molecular formula is C18H18F3NO3. The third kappa shape index (κ3) is 4.51. The van der Waals surface area contributed by atoms with E-state index in [0.29, 0.717) is 5.75 Å². The van der Waals surface area contributed by atoms with Gasteiger partial charge in [-0.1, -0.05) is 48.5 Å². The average Bonchev–Trinajstić information content (AvgIpc) is 2.58. The predicted octanol–water partition coefficient (Wildman–Crippen LogP) is 2.94. The summed E-state index contributed by atoms with van der Waals surface area (Å²) < 4.78 is 45.2. The Morgan fingerprint density at radius 2 is 1.68 bits per heavy atom. The van der Waals surface area contributed by atoms with E-state index in [2.05, 4.69) is 5.32 Å². The van der Waals surface area contributed by atoms with Crippen LogP contribution in [0.5, 0.6) is 5.75 Å². The minimum Gasteiger partial charge on any atom is -0.484 e. The van der Waals surface area contributed by atoms with Crippen molar-refractivity contribution >= 4 is 5.91 Å². The lowest BCUT2D eigenvalue weighted by molar-refractivity contribution is -0.264. The molecule has 2 N–H and O–H groups in total. The van der Waals surface area contributed by atoms with E-state index in [4.69, 9.17) is 4.74 Å². The molecule has 0 spiro atoms. The van der Waals surface area contributed by atoms with E-state index in [1.54, 1.807) is 31.2 Å². The molecule has 0 bridgehead atoms. The Bertz CT molecular complexity index is 719. The fraction of sp³-hybridized carbons (Fsp3) is 0.278. The van der Waals surface area contributed by atoms with Gasteiger partial charge in [0.05, 0.1) is 6.54 Å². The number of halogens is 3. The fourth-order valence-electron chi connectivity index (χ4n) is 2.22. The summed E-state index contributed by atoms with van der Waals surface area (Å²) >= 11 is 0. The molecule has 134 valence electrons. The summed E-state index contributed by atoms with van der Waals surface area (Å²) in [6, 6.07) is 13.6. The van der Waals surface area contributed by atoms with Gasteiger partial charge in [-0.05, 0) is 24.1 Å². The third-order valence-electron chi connectivity index (χ3n) is 3.71. The molecule has 2 rings (SSSR count). The van der Waals surface area contributed by atoms with E-state index < -0.39 is 30.8 Å². The van der Waals surface area contributed by atoms with Gasteiger partial charge in [0.25, 0.3) is 5.91 Å². The van der Waals surface area contributed by atoms with Crippen LogP contribution in [0.4, 0.5) is 13.2 Å². The van der Waals surface area contributed by atoms with Crippen molar-refractivity contribution in [1.82, 2.24) is 5.32 Å². The second-order valence-electron chi connectivity index (χ2n) is 5.55. The quantitative estimate of drug-likeness (QED) is 0.840. The van der Waals surface area contributed by atoms with Crippen molar-refractivity contribution in [3.05, 3.63) is 65.7 Å². The molecule has 1 amide bonds. The van der Waals surface area contributed by atoms with E-state index in [1.165, 1.54) is 18.2 Å². The molecule has 0 aliphatic carbocycles. The maximum Gasteiger partial charge on any atom is 0.423 e. The molecule has 0 aliphatic rings. The molecule has 0 radical (unpaired) electrons. The molecule has 4 nitrogen and oxygen atoms in total. The van der Waals surface area contributed by atoms with Gasteiger partial charge in [0.2, 0.25) is 5.60 Å². The lowest BCUT2D eigenvalue weighted by Crippen LogP contribution is -2.51. The van der Waals surface area contributed by atoms with E-state index in [1.807, 2.05) is 0 Å². The van der Waals surface area contributed by atoms with Gasteiger partial charge in [-0.15, -0.1) is 0 Å². The standard InChI is InChI=1S/C18H18F3NO3/c1-13-7-5-6-10-15(13)25-11-16(23)22-12-17(24,18(19,20)21)14-8-3-2-4-9-14/h2-10,24H,11-12H2,1H3,(H,22,23). The third-order valence-corrected chi connectivity index (χ3v) is 3.71. The van der Waals surface area contributed by atoms with Crippen LogP contribution in [-0.2, 0) is 10.4 Å². The summed E-state index contributed by atoms with van der Waals surface area (Å²) in [6.07, 6.45) is -4.95. The van der Waals surface area contributed by atoms with Crippen molar-refractivity contribution in [3.63, 3.8) is 0 Å². The van der Waals surface area contributed by atoms with E-state index in [0.717, 1.165) is 17.7 Å². The normalized spacial score (nSPS) is 13.8. The van der Waals surface area contributed by atoms with E-state index in [9.17, 15) is 23.1 Å². The molecule has 0 fully saturated rings. The zero-order valence-electron chi connectivity index (χ0n) is 13.5. The molecule has 7 heteroatoms. The minimum atomic E-state index is -4.95. The highest BCUT2D eigenvalue weighted by Crippen LogP contribution is 2.38. The largest absolute Gasteiger partial charge is 0.484 e. The molecule has 1 unspecified atom stereocenters. The van der Waals surface area contributed by atoms with Gasteiger partial charge in [-0.2, -0.15) is 13.2 Å². The number of ether oxygens (including phenoxy) is 1. The highest BCUT2D eigenvalue weighted by atomic mass is 19.4. The van der Waals surface area contributed by atoms with Crippen molar-refractivity contribution in [3.8, 4) is 5.75 Å². The molecule has 25 heavy (non-hydrogen) atoms.